The van der Waals surface area contributed by atoms with Crippen LogP contribution in [0.5, 0.6) is 0 Å². The smallest absolute Gasteiger partial charge is 0.338 e. The zero-order valence-electron chi connectivity index (χ0n) is 16.0. The van der Waals surface area contributed by atoms with Crippen LogP contribution in [0.1, 0.15) is 55.7 Å². The lowest BCUT2D eigenvalue weighted by Gasteiger charge is -2.26. The number of aromatic nitrogens is 1. The highest BCUT2D eigenvalue weighted by Crippen LogP contribution is 2.35. The summed E-state index contributed by atoms with van der Waals surface area (Å²) >= 11 is 0. The maximum absolute atomic E-state index is 14.3. The highest BCUT2D eigenvalue weighted by atomic mass is 19.4. The molecule has 7 heteroatoms. The van der Waals surface area contributed by atoms with E-state index in [1.807, 2.05) is 13.8 Å². The van der Waals surface area contributed by atoms with Gasteiger partial charge >= 0.3 is 6.18 Å². The number of hydrogen-bond donors (Lipinski definition) is 2. The maximum Gasteiger partial charge on any atom is 0.419 e. The molecule has 0 bridgehead atoms. The highest BCUT2D eigenvalue weighted by molar-refractivity contribution is 5.59. The summed E-state index contributed by atoms with van der Waals surface area (Å²) in [6.07, 6.45) is 0.810. The van der Waals surface area contributed by atoms with E-state index >= 15 is 0 Å². The summed E-state index contributed by atoms with van der Waals surface area (Å²) in [7, 11) is 0. The lowest BCUT2D eigenvalue weighted by Crippen LogP contribution is -2.27. The van der Waals surface area contributed by atoms with Crippen molar-refractivity contribution in [1.82, 2.24) is 10.3 Å². The molecule has 1 saturated carbocycles. The first-order valence-electron chi connectivity index (χ1n) is 9.58. The molecule has 2 aromatic rings. The van der Waals surface area contributed by atoms with Gasteiger partial charge in [0, 0.05) is 12.7 Å². The number of anilines is 2. The number of alkyl halides is 3. The predicted molar refractivity (Wildman–Crippen MR) is 102 cm³/mol. The zero-order valence-corrected chi connectivity index (χ0v) is 16.0. The Bertz CT molecular complexity index is 814. The second kappa shape index (κ2) is 8.47. The molecule has 0 spiro atoms. The minimum atomic E-state index is -4.74. The van der Waals surface area contributed by atoms with Crippen molar-refractivity contribution in [3.05, 3.63) is 53.0 Å². The monoisotopic (exact) mass is 395 g/mol. The van der Waals surface area contributed by atoms with Crippen molar-refractivity contribution in [1.29, 1.82) is 0 Å². The normalized spacial score (nSPS) is 15.0. The van der Waals surface area contributed by atoms with Gasteiger partial charge in [-0.2, -0.15) is 13.2 Å². The van der Waals surface area contributed by atoms with Crippen LogP contribution in [0.4, 0.5) is 29.1 Å². The Labute approximate surface area is 162 Å². The Morgan fingerprint density at radius 3 is 2.57 bits per heavy atom. The average molecular weight is 395 g/mol. The summed E-state index contributed by atoms with van der Waals surface area (Å²) < 4.78 is 53.0. The molecule has 0 aliphatic heterocycles. The molecule has 3 nitrogen and oxygen atoms in total. The molecule has 28 heavy (non-hydrogen) atoms. The van der Waals surface area contributed by atoms with Crippen molar-refractivity contribution in [3.63, 3.8) is 0 Å². The van der Waals surface area contributed by atoms with Crippen LogP contribution in [0, 0.1) is 11.7 Å². The Hall–Kier alpha value is -2.15. The van der Waals surface area contributed by atoms with Crippen LogP contribution in [0.2, 0.25) is 0 Å². The second-order valence-electron chi connectivity index (χ2n) is 7.64. The standard InChI is InChI=1S/C21H25F4N3/c1-13(2)16-9-19(27-12-15(16)11-26-10-14-5-3-6-14)28-18-8-4-7-17(20(18)22)21(23,24)25/h4,7-9,12-14,26H,3,5-6,10-11H2,1-2H3,(H,27,28). The number of halogens is 4. The van der Waals surface area contributed by atoms with Crippen LogP contribution in [0.3, 0.4) is 0 Å². The summed E-state index contributed by atoms with van der Waals surface area (Å²) in [6, 6.07) is 4.96. The van der Waals surface area contributed by atoms with E-state index in [4.69, 9.17) is 0 Å². The molecule has 3 rings (SSSR count). The van der Waals surface area contributed by atoms with E-state index in [1.165, 1.54) is 31.4 Å². The second-order valence-corrected chi connectivity index (χ2v) is 7.64. The lowest BCUT2D eigenvalue weighted by atomic mass is 9.85. The van der Waals surface area contributed by atoms with Crippen LogP contribution < -0.4 is 10.6 Å². The van der Waals surface area contributed by atoms with Gasteiger partial charge in [-0.1, -0.05) is 26.3 Å². The van der Waals surface area contributed by atoms with Gasteiger partial charge in [-0.15, -0.1) is 0 Å². The third-order valence-corrected chi connectivity index (χ3v) is 5.18. The molecule has 0 radical (unpaired) electrons. The first-order valence-corrected chi connectivity index (χ1v) is 9.58. The van der Waals surface area contributed by atoms with E-state index in [9.17, 15) is 17.6 Å². The van der Waals surface area contributed by atoms with E-state index < -0.39 is 17.6 Å². The topological polar surface area (TPSA) is 37.0 Å². The fourth-order valence-corrected chi connectivity index (χ4v) is 3.35. The molecule has 1 aliphatic rings. The minimum absolute atomic E-state index is 0.204. The summed E-state index contributed by atoms with van der Waals surface area (Å²) in [6.45, 7) is 5.75. The van der Waals surface area contributed by atoms with Gasteiger partial charge in [0.1, 0.15) is 5.82 Å². The number of nitrogens with zero attached hydrogens (tertiary/aromatic N) is 1. The van der Waals surface area contributed by atoms with Crippen molar-refractivity contribution >= 4 is 11.5 Å². The Balaban J connectivity index is 1.76. The van der Waals surface area contributed by atoms with Crippen molar-refractivity contribution in [2.24, 2.45) is 5.92 Å². The van der Waals surface area contributed by atoms with Crippen LogP contribution >= 0.6 is 0 Å². The SMILES string of the molecule is CC(C)c1cc(Nc2cccc(C(F)(F)F)c2F)ncc1CNCC1CCC1. The molecule has 0 atom stereocenters. The van der Waals surface area contributed by atoms with Crippen LogP contribution in [0.15, 0.2) is 30.5 Å². The molecule has 1 fully saturated rings. The number of hydrogen-bond acceptors (Lipinski definition) is 3. The van der Waals surface area contributed by atoms with Gasteiger partial charge in [-0.3, -0.25) is 0 Å². The maximum atomic E-state index is 14.3. The quantitative estimate of drug-likeness (QED) is 0.565. The largest absolute Gasteiger partial charge is 0.419 e. The minimum Gasteiger partial charge on any atom is -0.338 e. The highest BCUT2D eigenvalue weighted by Gasteiger charge is 2.35. The molecule has 1 aromatic carbocycles. The van der Waals surface area contributed by atoms with E-state index in [0.717, 1.165) is 29.7 Å². The van der Waals surface area contributed by atoms with Gasteiger partial charge in [-0.25, -0.2) is 9.37 Å². The van der Waals surface area contributed by atoms with Crippen molar-refractivity contribution in [2.75, 3.05) is 11.9 Å². The van der Waals surface area contributed by atoms with Gasteiger partial charge in [-0.05, 0) is 60.5 Å². The summed E-state index contributed by atoms with van der Waals surface area (Å²) in [5.41, 5.74) is 0.543. The average Bonchev–Trinajstić information content (AvgIpc) is 2.58. The first-order chi connectivity index (χ1) is 13.3. The number of pyridine rings is 1. The summed E-state index contributed by atoms with van der Waals surface area (Å²) in [5, 5.41) is 6.15. The molecular weight excluding hydrogens is 370 g/mol. The van der Waals surface area contributed by atoms with Crippen LogP contribution in [-0.2, 0) is 12.7 Å². The Kier molecular flexibility index (Phi) is 6.23. The van der Waals surface area contributed by atoms with Crippen LogP contribution in [-0.4, -0.2) is 11.5 Å². The van der Waals surface area contributed by atoms with Gasteiger partial charge in [0.05, 0.1) is 11.3 Å². The fraction of sp³-hybridized carbons (Fsp3) is 0.476. The van der Waals surface area contributed by atoms with Gasteiger partial charge in [0.15, 0.2) is 5.82 Å². The fourth-order valence-electron chi connectivity index (χ4n) is 3.35. The number of nitrogens with one attached hydrogen (secondary N) is 2. The van der Waals surface area contributed by atoms with Crippen molar-refractivity contribution in [2.45, 2.75) is 51.7 Å². The molecule has 1 heterocycles. The van der Waals surface area contributed by atoms with E-state index in [-0.39, 0.29) is 11.6 Å². The lowest BCUT2D eigenvalue weighted by molar-refractivity contribution is -0.139. The number of benzene rings is 1. The third kappa shape index (κ3) is 4.82. The van der Waals surface area contributed by atoms with Gasteiger partial charge in [0.2, 0.25) is 0 Å². The third-order valence-electron chi connectivity index (χ3n) is 5.18. The number of rotatable bonds is 7. The Morgan fingerprint density at radius 2 is 1.96 bits per heavy atom. The molecule has 0 amide bonds. The summed E-state index contributed by atoms with van der Waals surface area (Å²) in [5.74, 6) is -0.0468. The molecular formula is C21H25F4N3. The predicted octanol–water partition coefficient (Wildman–Crippen LogP) is 6.00. The zero-order chi connectivity index (χ0) is 20.3. The van der Waals surface area contributed by atoms with Gasteiger partial charge in [0.25, 0.3) is 0 Å². The molecule has 152 valence electrons. The molecule has 1 aliphatic carbocycles. The van der Waals surface area contributed by atoms with E-state index in [0.29, 0.717) is 12.4 Å². The molecule has 0 saturated heterocycles. The van der Waals surface area contributed by atoms with Crippen molar-refractivity contribution in [3.8, 4) is 0 Å². The molecule has 2 N–H and O–H groups in total. The Morgan fingerprint density at radius 1 is 1.21 bits per heavy atom. The molecule has 0 unspecified atom stereocenters. The molecule has 1 aromatic heterocycles. The summed E-state index contributed by atoms with van der Waals surface area (Å²) in [4.78, 5) is 4.28. The van der Waals surface area contributed by atoms with E-state index in [1.54, 1.807) is 12.3 Å². The van der Waals surface area contributed by atoms with Gasteiger partial charge < -0.3 is 10.6 Å². The van der Waals surface area contributed by atoms with Crippen LogP contribution in [0.25, 0.3) is 0 Å². The van der Waals surface area contributed by atoms with E-state index in [2.05, 4.69) is 15.6 Å². The first kappa shape index (κ1) is 20.6. The van der Waals surface area contributed by atoms with Crippen molar-refractivity contribution < 1.29 is 17.6 Å².